The van der Waals surface area contributed by atoms with Gasteiger partial charge in [-0.2, -0.15) is 5.10 Å². The van der Waals surface area contributed by atoms with Gasteiger partial charge in [0.25, 0.3) is 5.91 Å². The molecule has 1 heterocycles. The number of aromatic amines is 1. The first kappa shape index (κ1) is 15.7. The van der Waals surface area contributed by atoms with Gasteiger partial charge in [0.1, 0.15) is 11.5 Å². The first-order valence-corrected chi connectivity index (χ1v) is 6.73. The second-order valence-corrected chi connectivity index (χ2v) is 5.06. The van der Waals surface area contributed by atoms with Crippen molar-refractivity contribution >= 4 is 11.9 Å². The van der Waals surface area contributed by atoms with Crippen molar-refractivity contribution in [3.05, 3.63) is 41.8 Å². The van der Waals surface area contributed by atoms with Crippen LogP contribution in [0.1, 0.15) is 24.3 Å². The Balaban J connectivity index is 2.09. The molecular formula is C15H16FN3O3. The van der Waals surface area contributed by atoms with Crippen LogP contribution in [0.2, 0.25) is 0 Å². The number of nitrogens with one attached hydrogen (secondary N) is 2. The maximum atomic E-state index is 12.9. The standard InChI is InChI=1S/C15H16FN3O3/c1-8(15(21)22)9(2)17-14(20)13-7-12(18-19-13)10-3-5-11(16)6-4-10/h3-9H,1-2H3,(H,17,20)(H,18,19)(H,21,22). The maximum Gasteiger partial charge on any atom is 0.308 e. The zero-order valence-electron chi connectivity index (χ0n) is 12.1. The van der Waals surface area contributed by atoms with Gasteiger partial charge in [0.15, 0.2) is 0 Å². The molecule has 2 aromatic rings. The summed E-state index contributed by atoms with van der Waals surface area (Å²) in [5, 5.41) is 18.1. The number of carboxylic acid groups (broad SMARTS) is 1. The van der Waals surface area contributed by atoms with E-state index in [2.05, 4.69) is 15.5 Å². The summed E-state index contributed by atoms with van der Waals surface area (Å²) in [5.41, 5.74) is 1.39. The molecule has 1 aromatic heterocycles. The fourth-order valence-corrected chi connectivity index (χ4v) is 1.83. The molecule has 116 valence electrons. The van der Waals surface area contributed by atoms with E-state index in [1.165, 1.54) is 25.1 Å². The number of nitrogens with zero attached hydrogens (tertiary/aromatic N) is 1. The van der Waals surface area contributed by atoms with Crippen LogP contribution in [0.3, 0.4) is 0 Å². The minimum Gasteiger partial charge on any atom is -0.481 e. The van der Waals surface area contributed by atoms with Crippen molar-refractivity contribution in [1.29, 1.82) is 0 Å². The Labute approximate surface area is 126 Å². The molecule has 2 rings (SSSR count). The summed E-state index contributed by atoms with van der Waals surface area (Å²) in [6.45, 7) is 3.14. The Morgan fingerprint density at radius 3 is 2.50 bits per heavy atom. The summed E-state index contributed by atoms with van der Waals surface area (Å²) < 4.78 is 12.9. The third kappa shape index (κ3) is 3.49. The van der Waals surface area contributed by atoms with Gasteiger partial charge in [-0.25, -0.2) is 4.39 Å². The van der Waals surface area contributed by atoms with Crippen molar-refractivity contribution in [3.63, 3.8) is 0 Å². The molecule has 2 atom stereocenters. The largest absolute Gasteiger partial charge is 0.481 e. The van der Waals surface area contributed by atoms with Gasteiger partial charge in [0.05, 0.1) is 11.6 Å². The predicted molar refractivity (Wildman–Crippen MR) is 77.7 cm³/mol. The average Bonchev–Trinajstić information content (AvgIpc) is 2.96. The number of hydrogen-bond donors (Lipinski definition) is 3. The summed E-state index contributed by atoms with van der Waals surface area (Å²) in [5.74, 6) is -2.48. The van der Waals surface area contributed by atoms with Crippen LogP contribution in [0.15, 0.2) is 30.3 Å². The number of aromatic nitrogens is 2. The number of carboxylic acids is 1. The van der Waals surface area contributed by atoms with E-state index in [1.807, 2.05) is 0 Å². The van der Waals surface area contributed by atoms with E-state index in [9.17, 15) is 14.0 Å². The molecular weight excluding hydrogens is 289 g/mol. The van der Waals surface area contributed by atoms with Gasteiger partial charge in [-0.05, 0) is 44.2 Å². The van der Waals surface area contributed by atoms with Gasteiger partial charge < -0.3 is 10.4 Å². The molecule has 7 heteroatoms. The van der Waals surface area contributed by atoms with Crippen molar-refractivity contribution in [3.8, 4) is 11.3 Å². The fourth-order valence-electron chi connectivity index (χ4n) is 1.83. The van der Waals surface area contributed by atoms with E-state index in [0.29, 0.717) is 11.3 Å². The lowest BCUT2D eigenvalue weighted by Gasteiger charge is -2.16. The lowest BCUT2D eigenvalue weighted by Crippen LogP contribution is -2.40. The van der Waals surface area contributed by atoms with Gasteiger partial charge in [-0.1, -0.05) is 0 Å². The van der Waals surface area contributed by atoms with Crippen LogP contribution < -0.4 is 5.32 Å². The van der Waals surface area contributed by atoms with Crippen LogP contribution >= 0.6 is 0 Å². The highest BCUT2D eigenvalue weighted by Crippen LogP contribution is 2.18. The van der Waals surface area contributed by atoms with Crippen molar-refractivity contribution in [2.45, 2.75) is 19.9 Å². The molecule has 0 bridgehead atoms. The zero-order valence-corrected chi connectivity index (χ0v) is 12.1. The SMILES string of the molecule is CC(NC(=O)c1cc(-c2ccc(F)cc2)n[nH]1)C(C)C(=O)O. The Morgan fingerprint density at radius 1 is 1.27 bits per heavy atom. The number of H-pyrrole nitrogens is 1. The molecule has 2 unspecified atom stereocenters. The molecule has 0 spiro atoms. The summed E-state index contributed by atoms with van der Waals surface area (Å²) in [4.78, 5) is 22.9. The molecule has 3 N–H and O–H groups in total. The van der Waals surface area contributed by atoms with E-state index in [1.54, 1.807) is 19.1 Å². The van der Waals surface area contributed by atoms with Crippen LogP contribution in [0.4, 0.5) is 4.39 Å². The first-order chi connectivity index (χ1) is 10.4. The van der Waals surface area contributed by atoms with Crippen molar-refractivity contribution in [1.82, 2.24) is 15.5 Å². The number of carbonyl (C=O) groups excluding carboxylic acids is 1. The minimum atomic E-state index is -0.982. The highest BCUT2D eigenvalue weighted by molar-refractivity contribution is 5.93. The molecule has 1 aromatic carbocycles. The second kappa shape index (κ2) is 6.38. The number of benzene rings is 1. The molecule has 0 radical (unpaired) electrons. The van der Waals surface area contributed by atoms with Crippen LogP contribution in [0, 0.1) is 11.7 Å². The molecule has 22 heavy (non-hydrogen) atoms. The summed E-state index contributed by atoms with van der Waals surface area (Å²) in [7, 11) is 0. The highest BCUT2D eigenvalue weighted by atomic mass is 19.1. The fraction of sp³-hybridized carbons (Fsp3) is 0.267. The van der Waals surface area contributed by atoms with Crippen molar-refractivity contribution < 1.29 is 19.1 Å². The summed E-state index contributed by atoms with van der Waals surface area (Å²) in [6, 6.07) is 6.73. The van der Waals surface area contributed by atoms with Crippen LogP contribution in [-0.4, -0.2) is 33.2 Å². The molecule has 1 amide bonds. The van der Waals surface area contributed by atoms with Crippen molar-refractivity contribution in [2.75, 3.05) is 0 Å². The van der Waals surface area contributed by atoms with E-state index in [4.69, 9.17) is 5.11 Å². The number of rotatable bonds is 5. The Hall–Kier alpha value is -2.70. The molecule has 0 fully saturated rings. The normalized spacial score (nSPS) is 13.4. The third-order valence-electron chi connectivity index (χ3n) is 3.46. The van der Waals surface area contributed by atoms with Crippen LogP contribution in [0.25, 0.3) is 11.3 Å². The molecule has 0 saturated heterocycles. The summed E-state index contributed by atoms with van der Waals surface area (Å²) in [6.07, 6.45) is 0. The van der Waals surface area contributed by atoms with Gasteiger partial charge in [0.2, 0.25) is 0 Å². The lowest BCUT2D eigenvalue weighted by atomic mass is 10.0. The van der Waals surface area contributed by atoms with Crippen molar-refractivity contribution in [2.24, 2.45) is 5.92 Å². The molecule has 0 aliphatic heterocycles. The monoisotopic (exact) mass is 305 g/mol. The zero-order chi connectivity index (χ0) is 16.3. The van der Waals surface area contributed by atoms with E-state index in [-0.39, 0.29) is 11.5 Å². The maximum absolute atomic E-state index is 12.9. The minimum absolute atomic E-state index is 0.212. The van der Waals surface area contributed by atoms with Gasteiger partial charge in [-0.3, -0.25) is 14.7 Å². The number of halogens is 1. The van der Waals surface area contributed by atoms with Crippen LogP contribution in [-0.2, 0) is 4.79 Å². The average molecular weight is 305 g/mol. The predicted octanol–water partition coefficient (Wildman–Crippen LogP) is 2.05. The topological polar surface area (TPSA) is 95.1 Å². The molecule has 0 saturated carbocycles. The Bertz CT molecular complexity index is 682. The smallest absolute Gasteiger partial charge is 0.308 e. The summed E-state index contributed by atoms with van der Waals surface area (Å²) >= 11 is 0. The Morgan fingerprint density at radius 2 is 1.91 bits per heavy atom. The third-order valence-corrected chi connectivity index (χ3v) is 3.46. The van der Waals surface area contributed by atoms with Gasteiger partial charge in [0, 0.05) is 11.6 Å². The number of amides is 1. The highest BCUT2D eigenvalue weighted by Gasteiger charge is 2.22. The first-order valence-electron chi connectivity index (χ1n) is 6.73. The number of aliphatic carboxylic acids is 1. The molecule has 0 aliphatic carbocycles. The number of hydrogen-bond acceptors (Lipinski definition) is 3. The van der Waals surface area contributed by atoms with E-state index in [0.717, 1.165) is 0 Å². The van der Waals surface area contributed by atoms with E-state index >= 15 is 0 Å². The second-order valence-electron chi connectivity index (χ2n) is 5.06. The lowest BCUT2D eigenvalue weighted by molar-refractivity contribution is -0.141. The molecule has 6 nitrogen and oxygen atoms in total. The quantitative estimate of drug-likeness (QED) is 0.788. The number of carbonyl (C=O) groups is 2. The van der Waals surface area contributed by atoms with Gasteiger partial charge in [-0.15, -0.1) is 0 Å². The Kier molecular flexibility index (Phi) is 4.55. The molecule has 0 aliphatic rings. The van der Waals surface area contributed by atoms with E-state index < -0.39 is 23.8 Å². The van der Waals surface area contributed by atoms with Gasteiger partial charge >= 0.3 is 5.97 Å². The van der Waals surface area contributed by atoms with Crippen LogP contribution in [0.5, 0.6) is 0 Å².